The van der Waals surface area contributed by atoms with E-state index in [1.807, 2.05) is 39.0 Å². The number of hydrogen-bond acceptors (Lipinski definition) is 3. The number of carbonyl (C=O) groups excluding carboxylic acids is 1. The topological polar surface area (TPSA) is 50.4 Å². The van der Waals surface area contributed by atoms with Gasteiger partial charge >= 0.3 is 6.09 Å². The number of nitrogens with one attached hydrogen (secondary N) is 2. The lowest BCUT2D eigenvalue weighted by molar-refractivity contribution is 0.0516. The third-order valence-electron chi connectivity index (χ3n) is 3.35. The first kappa shape index (κ1) is 20.3. The third kappa shape index (κ3) is 7.57. The summed E-state index contributed by atoms with van der Waals surface area (Å²) in [4.78, 5) is 11.8. The van der Waals surface area contributed by atoms with Gasteiger partial charge in [-0.15, -0.1) is 0 Å². The molecule has 0 bridgehead atoms. The number of carbonyl (C=O) groups is 1. The number of para-hydroxylation sites is 1. The van der Waals surface area contributed by atoms with Crippen molar-refractivity contribution in [1.82, 2.24) is 5.32 Å². The summed E-state index contributed by atoms with van der Waals surface area (Å²) in [5.74, 6) is 0.722. The molecule has 23 heavy (non-hydrogen) atoms. The largest absolute Gasteiger partial charge is 0.444 e. The number of anilines is 1. The fourth-order valence-corrected chi connectivity index (χ4v) is 3.25. The van der Waals surface area contributed by atoms with Crippen molar-refractivity contribution in [3.63, 3.8) is 0 Å². The highest BCUT2D eigenvalue weighted by molar-refractivity contribution is 9.11. The molecule has 6 heteroatoms. The second-order valence-corrected chi connectivity index (χ2v) is 8.57. The molecule has 0 fully saturated rings. The van der Waals surface area contributed by atoms with Crippen LogP contribution in [0.2, 0.25) is 0 Å². The number of hydrogen-bond donors (Lipinski definition) is 2. The lowest BCUT2D eigenvalue weighted by atomic mass is 9.95. The first-order valence-corrected chi connectivity index (χ1v) is 9.33. The Morgan fingerprint density at radius 2 is 1.74 bits per heavy atom. The van der Waals surface area contributed by atoms with Crippen molar-refractivity contribution in [3.05, 3.63) is 27.1 Å². The zero-order valence-corrected chi connectivity index (χ0v) is 17.5. The van der Waals surface area contributed by atoms with Crippen LogP contribution in [-0.2, 0) is 4.74 Å². The lowest BCUT2D eigenvalue weighted by Crippen LogP contribution is -2.38. The zero-order valence-electron chi connectivity index (χ0n) is 14.4. The predicted octanol–water partition coefficient (Wildman–Crippen LogP) is 5.42. The molecular weight excluding hydrogens is 424 g/mol. The van der Waals surface area contributed by atoms with Crippen molar-refractivity contribution in [2.45, 2.75) is 40.2 Å². The van der Waals surface area contributed by atoms with Gasteiger partial charge in [-0.05, 0) is 76.6 Å². The van der Waals surface area contributed by atoms with Crippen molar-refractivity contribution in [2.75, 3.05) is 18.4 Å². The molecule has 1 amide bonds. The van der Waals surface area contributed by atoms with E-state index in [2.05, 4.69) is 56.3 Å². The van der Waals surface area contributed by atoms with Crippen LogP contribution >= 0.6 is 31.9 Å². The molecule has 1 rings (SSSR count). The van der Waals surface area contributed by atoms with Gasteiger partial charge in [-0.25, -0.2) is 4.79 Å². The van der Waals surface area contributed by atoms with Gasteiger partial charge in [0.05, 0.1) is 5.69 Å². The monoisotopic (exact) mass is 448 g/mol. The Labute approximate surface area is 156 Å². The number of benzene rings is 1. The molecule has 0 spiro atoms. The second kappa shape index (κ2) is 8.92. The van der Waals surface area contributed by atoms with Gasteiger partial charge in [0.15, 0.2) is 0 Å². The maximum atomic E-state index is 11.8. The van der Waals surface area contributed by atoms with E-state index < -0.39 is 5.60 Å². The van der Waals surface area contributed by atoms with E-state index in [1.54, 1.807) is 0 Å². The van der Waals surface area contributed by atoms with Crippen molar-refractivity contribution in [1.29, 1.82) is 0 Å². The Morgan fingerprint density at radius 3 is 2.22 bits per heavy atom. The van der Waals surface area contributed by atoms with E-state index in [-0.39, 0.29) is 6.09 Å². The van der Waals surface area contributed by atoms with E-state index in [1.165, 1.54) is 0 Å². The van der Waals surface area contributed by atoms with Gasteiger partial charge in [0, 0.05) is 22.0 Å². The third-order valence-corrected chi connectivity index (χ3v) is 4.68. The van der Waals surface area contributed by atoms with Crippen molar-refractivity contribution >= 4 is 43.6 Å². The second-order valence-electron chi connectivity index (χ2n) is 6.86. The van der Waals surface area contributed by atoms with Crippen LogP contribution in [0.1, 0.15) is 34.6 Å². The molecule has 0 heterocycles. The number of rotatable bonds is 6. The molecule has 1 aromatic rings. The Hall–Kier alpha value is -0.750. The van der Waals surface area contributed by atoms with E-state index in [9.17, 15) is 4.79 Å². The summed E-state index contributed by atoms with van der Waals surface area (Å²) in [5, 5.41) is 6.31. The molecule has 1 atom stereocenters. The van der Waals surface area contributed by atoms with Crippen LogP contribution in [0.3, 0.4) is 0 Å². The van der Waals surface area contributed by atoms with E-state index >= 15 is 0 Å². The smallest absolute Gasteiger partial charge is 0.407 e. The standard InChI is InChI=1S/C17H26Br2N2O2/c1-11(2)12(10-21-16(22)23-17(3,4)5)9-20-15-13(18)7-6-8-14(15)19/h6-8,11-12,20H,9-10H2,1-5H3,(H,21,22). The lowest BCUT2D eigenvalue weighted by Gasteiger charge is -2.25. The molecule has 0 radical (unpaired) electrons. The molecule has 2 N–H and O–H groups in total. The van der Waals surface area contributed by atoms with Gasteiger partial charge < -0.3 is 15.4 Å². The molecule has 0 aromatic heterocycles. The minimum Gasteiger partial charge on any atom is -0.444 e. The van der Waals surface area contributed by atoms with Gasteiger partial charge in [0.25, 0.3) is 0 Å². The summed E-state index contributed by atoms with van der Waals surface area (Å²) < 4.78 is 7.30. The van der Waals surface area contributed by atoms with Crippen LogP contribution in [0.15, 0.2) is 27.1 Å². The van der Waals surface area contributed by atoms with E-state index in [0.717, 1.165) is 21.2 Å². The molecule has 0 saturated heterocycles. The fourth-order valence-electron chi connectivity index (χ4n) is 1.97. The number of alkyl carbamates (subject to hydrolysis) is 1. The summed E-state index contributed by atoms with van der Waals surface area (Å²) in [5.41, 5.74) is 0.547. The minimum atomic E-state index is -0.477. The summed E-state index contributed by atoms with van der Waals surface area (Å²) in [6.07, 6.45) is -0.370. The van der Waals surface area contributed by atoms with Crippen molar-refractivity contribution in [3.8, 4) is 0 Å². The normalized spacial score (nSPS) is 12.9. The highest BCUT2D eigenvalue weighted by atomic mass is 79.9. The quantitative estimate of drug-likeness (QED) is 0.609. The van der Waals surface area contributed by atoms with Gasteiger partial charge in [-0.3, -0.25) is 0 Å². The Kier molecular flexibility index (Phi) is 7.87. The van der Waals surface area contributed by atoms with Crippen LogP contribution in [0.4, 0.5) is 10.5 Å². The maximum Gasteiger partial charge on any atom is 0.407 e. The zero-order chi connectivity index (χ0) is 17.6. The average Bonchev–Trinajstić information content (AvgIpc) is 2.38. The molecule has 130 valence electrons. The van der Waals surface area contributed by atoms with Crippen molar-refractivity contribution < 1.29 is 9.53 Å². The van der Waals surface area contributed by atoms with Gasteiger partial charge in [-0.2, -0.15) is 0 Å². The first-order valence-electron chi connectivity index (χ1n) is 7.75. The molecule has 0 aliphatic carbocycles. The Balaban J connectivity index is 2.58. The number of amides is 1. The molecule has 4 nitrogen and oxygen atoms in total. The highest BCUT2D eigenvalue weighted by Crippen LogP contribution is 2.30. The minimum absolute atomic E-state index is 0.293. The predicted molar refractivity (Wildman–Crippen MR) is 103 cm³/mol. The van der Waals surface area contributed by atoms with E-state index in [4.69, 9.17) is 4.74 Å². The van der Waals surface area contributed by atoms with Crippen LogP contribution in [-0.4, -0.2) is 24.8 Å². The molecule has 0 aliphatic heterocycles. The summed E-state index contributed by atoms with van der Waals surface area (Å²) >= 11 is 7.09. The molecule has 0 saturated carbocycles. The van der Waals surface area contributed by atoms with Crippen molar-refractivity contribution in [2.24, 2.45) is 11.8 Å². The molecule has 1 unspecified atom stereocenters. The Morgan fingerprint density at radius 1 is 1.17 bits per heavy atom. The first-order chi connectivity index (χ1) is 10.6. The SMILES string of the molecule is CC(C)C(CNC(=O)OC(C)(C)C)CNc1c(Br)cccc1Br. The molecule has 0 aliphatic rings. The van der Waals surface area contributed by atoms with Gasteiger partial charge in [0.2, 0.25) is 0 Å². The summed E-state index contributed by atoms with van der Waals surface area (Å²) in [7, 11) is 0. The maximum absolute atomic E-state index is 11.8. The Bertz CT molecular complexity index is 508. The van der Waals surface area contributed by atoms with Crippen LogP contribution in [0.25, 0.3) is 0 Å². The fraction of sp³-hybridized carbons (Fsp3) is 0.588. The highest BCUT2D eigenvalue weighted by Gasteiger charge is 2.19. The number of ether oxygens (including phenoxy) is 1. The van der Waals surface area contributed by atoms with Crippen LogP contribution in [0.5, 0.6) is 0 Å². The number of halogens is 2. The average molecular weight is 450 g/mol. The van der Waals surface area contributed by atoms with Gasteiger partial charge in [-0.1, -0.05) is 19.9 Å². The molecular formula is C17H26Br2N2O2. The molecule has 1 aromatic carbocycles. The van der Waals surface area contributed by atoms with Crippen LogP contribution in [0, 0.1) is 11.8 Å². The van der Waals surface area contributed by atoms with E-state index in [0.29, 0.717) is 18.4 Å². The van der Waals surface area contributed by atoms with Crippen LogP contribution < -0.4 is 10.6 Å². The summed E-state index contributed by atoms with van der Waals surface area (Å²) in [6.45, 7) is 11.2. The van der Waals surface area contributed by atoms with Gasteiger partial charge in [0.1, 0.15) is 5.60 Å². The summed E-state index contributed by atoms with van der Waals surface area (Å²) in [6, 6.07) is 5.97.